The van der Waals surface area contributed by atoms with Crippen molar-refractivity contribution in [3.63, 3.8) is 0 Å². The molecule has 0 aliphatic carbocycles. The Hall–Kier alpha value is -2.98. The minimum Gasteiger partial charge on any atom is -0.478 e. The van der Waals surface area contributed by atoms with Crippen LogP contribution in [0.1, 0.15) is 15.9 Å². The number of aromatic carboxylic acids is 1. The van der Waals surface area contributed by atoms with E-state index in [9.17, 15) is 22.9 Å². The van der Waals surface area contributed by atoms with Crippen LogP contribution in [0, 0.1) is 6.92 Å². The summed E-state index contributed by atoms with van der Waals surface area (Å²) in [6.07, 6.45) is 0. The molecule has 6 N–H and O–H groups in total. The van der Waals surface area contributed by atoms with E-state index in [1.807, 2.05) is 0 Å². The van der Waals surface area contributed by atoms with Crippen LogP contribution in [0.3, 0.4) is 0 Å². The van der Waals surface area contributed by atoms with Crippen molar-refractivity contribution in [2.75, 3.05) is 11.5 Å². The van der Waals surface area contributed by atoms with Crippen LogP contribution in [0.25, 0.3) is 0 Å². The van der Waals surface area contributed by atoms with Crippen LogP contribution in [0.2, 0.25) is 0 Å². The molecule has 2 aromatic carbocycles. The zero-order valence-corrected chi connectivity index (χ0v) is 13.3. The Morgan fingerprint density at radius 3 is 2.38 bits per heavy atom. The van der Waals surface area contributed by atoms with Crippen molar-refractivity contribution in [3.8, 4) is 0 Å². The van der Waals surface area contributed by atoms with E-state index in [0.717, 1.165) is 6.07 Å². The van der Waals surface area contributed by atoms with Crippen molar-refractivity contribution in [3.05, 3.63) is 41.5 Å². The highest BCUT2D eigenvalue weighted by Crippen LogP contribution is 2.33. The molecule has 0 unspecified atom stereocenters. The third-order valence-corrected chi connectivity index (χ3v) is 3.93. The Kier molecular flexibility index (Phi) is 4.53. The lowest BCUT2D eigenvalue weighted by Gasteiger charge is -2.06. The van der Waals surface area contributed by atoms with Gasteiger partial charge in [-0.25, -0.2) is 4.79 Å². The van der Waals surface area contributed by atoms with Crippen LogP contribution in [0.15, 0.2) is 45.5 Å². The molecule has 0 aliphatic rings. The van der Waals surface area contributed by atoms with Crippen LogP contribution in [0.4, 0.5) is 22.7 Å². The molecule has 126 valence electrons. The van der Waals surface area contributed by atoms with Crippen molar-refractivity contribution in [1.82, 2.24) is 0 Å². The maximum Gasteiger partial charge on any atom is 0.338 e. The number of aryl methyl sites for hydroxylation is 1. The predicted octanol–water partition coefficient (Wildman–Crippen LogP) is 2.52. The summed E-state index contributed by atoms with van der Waals surface area (Å²) < 4.78 is 32.1. The molecule has 24 heavy (non-hydrogen) atoms. The molecule has 0 bridgehead atoms. The highest BCUT2D eigenvalue weighted by Gasteiger charge is 2.17. The monoisotopic (exact) mass is 350 g/mol. The van der Waals surface area contributed by atoms with Crippen molar-refractivity contribution in [2.24, 2.45) is 10.2 Å². The van der Waals surface area contributed by atoms with E-state index in [1.54, 1.807) is 13.0 Å². The summed E-state index contributed by atoms with van der Waals surface area (Å²) in [5, 5.41) is 16.6. The standard InChI is InChI=1S/C14H14N4O5S/c1-7-2-3-11(12(4-7)24(21,22)23)17-18-13-9(14(19)20)5-8(15)6-10(13)16/h2-6H,15-16H2,1H3,(H,19,20)(H,21,22,23). The average molecular weight is 350 g/mol. The number of carboxylic acids is 1. The number of anilines is 2. The second kappa shape index (κ2) is 6.26. The molecule has 0 aromatic heterocycles. The first-order chi connectivity index (χ1) is 11.1. The predicted molar refractivity (Wildman–Crippen MR) is 87.4 cm³/mol. The lowest BCUT2D eigenvalue weighted by molar-refractivity contribution is 0.0698. The van der Waals surface area contributed by atoms with Crippen LogP contribution < -0.4 is 11.5 Å². The zero-order chi connectivity index (χ0) is 18.1. The lowest BCUT2D eigenvalue weighted by Crippen LogP contribution is -2.01. The van der Waals surface area contributed by atoms with Gasteiger partial charge in [-0.3, -0.25) is 4.55 Å². The van der Waals surface area contributed by atoms with Gasteiger partial charge in [0.25, 0.3) is 10.1 Å². The Balaban J connectivity index is 2.60. The summed E-state index contributed by atoms with van der Waals surface area (Å²) in [5.74, 6) is -1.32. The third-order valence-electron chi connectivity index (χ3n) is 3.04. The van der Waals surface area contributed by atoms with E-state index in [1.165, 1.54) is 18.2 Å². The highest BCUT2D eigenvalue weighted by molar-refractivity contribution is 7.86. The van der Waals surface area contributed by atoms with E-state index >= 15 is 0 Å². The number of carboxylic acid groups (broad SMARTS) is 1. The van der Waals surface area contributed by atoms with Crippen LogP contribution in [-0.4, -0.2) is 24.0 Å². The van der Waals surface area contributed by atoms with Gasteiger partial charge in [-0.15, -0.1) is 10.2 Å². The molecule has 0 saturated carbocycles. The molecule has 0 radical (unpaired) electrons. The number of hydrogen-bond acceptors (Lipinski definition) is 7. The summed E-state index contributed by atoms with van der Waals surface area (Å²) in [7, 11) is -4.52. The number of azo groups is 1. The molecule has 2 aromatic rings. The zero-order valence-electron chi connectivity index (χ0n) is 12.5. The maximum atomic E-state index is 11.4. The minimum atomic E-state index is -4.52. The smallest absolute Gasteiger partial charge is 0.338 e. The molecule has 0 aliphatic heterocycles. The highest BCUT2D eigenvalue weighted by atomic mass is 32.2. The van der Waals surface area contributed by atoms with Gasteiger partial charge in [0.1, 0.15) is 16.3 Å². The van der Waals surface area contributed by atoms with Gasteiger partial charge in [-0.1, -0.05) is 6.07 Å². The fraction of sp³-hybridized carbons (Fsp3) is 0.0714. The topological polar surface area (TPSA) is 168 Å². The van der Waals surface area contributed by atoms with Crippen molar-refractivity contribution in [2.45, 2.75) is 11.8 Å². The van der Waals surface area contributed by atoms with Crippen molar-refractivity contribution in [1.29, 1.82) is 0 Å². The number of benzene rings is 2. The fourth-order valence-electron chi connectivity index (χ4n) is 1.97. The van der Waals surface area contributed by atoms with Gasteiger partial charge >= 0.3 is 5.97 Å². The maximum absolute atomic E-state index is 11.4. The van der Waals surface area contributed by atoms with E-state index in [-0.39, 0.29) is 28.3 Å². The average Bonchev–Trinajstić information content (AvgIpc) is 2.45. The van der Waals surface area contributed by atoms with Gasteiger partial charge in [0.05, 0.1) is 11.3 Å². The molecule has 0 saturated heterocycles. The van der Waals surface area contributed by atoms with Gasteiger partial charge in [0, 0.05) is 5.69 Å². The number of rotatable bonds is 4. The summed E-state index contributed by atoms with van der Waals surface area (Å²) in [6, 6.07) is 6.57. The Labute approximate surface area is 137 Å². The Morgan fingerprint density at radius 1 is 1.12 bits per heavy atom. The molecule has 9 nitrogen and oxygen atoms in total. The molecule has 0 fully saturated rings. The summed E-state index contributed by atoms with van der Waals surface area (Å²) in [4.78, 5) is 10.8. The van der Waals surface area contributed by atoms with Crippen molar-refractivity contribution >= 4 is 38.8 Å². The van der Waals surface area contributed by atoms with Crippen LogP contribution in [0.5, 0.6) is 0 Å². The first-order valence-electron chi connectivity index (χ1n) is 6.52. The molecule has 2 rings (SSSR count). The SMILES string of the molecule is Cc1ccc(N=Nc2c(N)cc(N)cc2C(=O)O)c(S(=O)(=O)O)c1. The van der Waals surface area contributed by atoms with E-state index in [0.29, 0.717) is 5.56 Å². The van der Waals surface area contributed by atoms with Crippen molar-refractivity contribution < 1.29 is 22.9 Å². The van der Waals surface area contributed by atoms with Gasteiger partial charge in [-0.05, 0) is 36.8 Å². The van der Waals surface area contributed by atoms with E-state index in [4.69, 9.17) is 11.5 Å². The molecular weight excluding hydrogens is 336 g/mol. The number of hydrogen-bond donors (Lipinski definition) is 4. The van der Waals surface area contributed by atoms with Gasteiger partial charge in [0.2, 0.25) is 0 Å². The second-order valence-electron chi connectivity index (χ2n) is 4.96. The molecule has 10 heteroatoms. The fourth-order valence-corrected chi connectivity index (χ4v) is 2.68. The molecule has 0 amide bonds. The number of nitrogens with two attached hydrogens (primary N) is 2. The lowest BCUT2D eigenvalue weighted by atomic mass is 10.1. The molecule has 0 heterocycles. The van der Waals surface area contributed by atoms with Gasteiger partial charge in [-0.2, -0.15) is 8.42 Å². The first kappa shape index (κ1) is 17.4. The third kappa shape index (κ3) is 3.67. The van der Waals surface area contributed by atoms with Crippen LogP contribution in [-0.2, 0) is 10.1 Å². The van der Waals surface area contributed by atoms with Gasteiger partial charge in [0.15, 0.2) is 0 Å². The first-order valence-corrected chi connectivity index (χ1v) is 7.96. The summed E-state index contributed by atoms with van der Waals surface area (Å²) in [5.41, 5.74) is 11.3. The van der Waals surface area contributed by atoms with Crippen LogP contribution >= 0.6 is 0 Å². The summed E-state index contributed by atoms with van der Waals surface area (Å²) >= 11 is 0. The minimum absolute atomic E-state index is 0.0309. The largest absolute Gasteiger partial charge is 0.478 e. The van der Waals surface area contributed by atoms with E-state index in [2.05, 4.69) is 10.2 Å². The molecule has 0 spiro atoms. The Morgan fingerprint density at radius 2 is 1.79 bits per heavy atom. The normalized spacial score (nSPS) is 11.8. The summed E-state index contributed by atoms with van der Waals surface area (Å²) in [6.45, 7) is 1.64. The number of carbonyl (C=O) groups is 1. The molecule has 0 atom stereocenters. The number of nitrogens with zero attached hydrogens (tertiary/aromatic N) is 2. The van der Waals surface area contributed by atoms with Gasteiger partial charge < -0.3 is 16.6 Å². The number of nitrogen functional groups attached to an aromatic ring is 2. The quantitative estimate of drug-likeness (QED) is 0.373. The van der Waals surface area contributed by atoms with E-state index < -0.39 is 21.0 Å². The Bertz CT molecular complexity index is 954. The molecular formula is C14H14N4O5S. The second-order valence-corrected chi connectivity index (χ2v) is 6.35.